The zero-order chi connectivity index (χ0) is 18.8. The number of rotatable bonds is 3. The second-order valence-corrected chi connectivity index (χ2v) is 7.28. The first-order chi connectivity index (χ1) is 13.1. The molecule has 0 fully saturated rings. The van der Waals surface area contributed by atoms with E-state index in [4.69, 9.17) is 21.3 Å². The molecular weight excluding hydrogens is 426 g/mol. The number of esters is 1. The highest BCUT2D eigenvalue weighted by atomic mass is 79.9. The van der Waals surface area contributed by atoms with Crippen molar-refractivity contribution in [2.75, 3.05) is 0 Å². The summed E-state index contributed by atoms with van der Waals surface area (Å²) in [7, 11) is 0. The molecule has 0 atom stereocenters. The average Bonchev–Trinajstić information content (AvgIpc) is 2.68. The van der Waals surface area contributed by atoms with Gasteiger partial charge >= 0.3 is 5.97 Å². The molecule has 0 aliphatic rings. The number of hydrogen-bond acceptors (Lipinski definition) is 3. The summed E-state index contributed by atoms with van der Waals surface area (Å²) in [6, 6.07) is 23.8. The quantitative estimate of drug-likeness (QED) is 0.269. The second-order valence-electron chi connectivity index (χ2n) is 5.93. The van der Waals surface area contributed by atoms with E-state index < -0.39 is 5.97 Å². The molecule has 0 saturated heterocycles. The Balaban J connectivity index is 1.84. The van der Waals surface area contributed by atoms with Gasteiger partial charge in [0.1, 0.15) is 5.75 Å². The summed E-state index contributed by atoms with van der Waals surface area (Å²) in [5, 5.41) is 1.37. The van der Waals surface area contributed by atoms with Crippen molar-refractivity contribution in [2.24, 2.45) is 0 Å². The number of pyridine rings is 1. The zero-order valence-corrected chi connectivity index (χ0v) is 16.4. The Hall–Kier alpha value is -2.69. The lowest BCUT2D eigenvalue weighted by Gasteiger charge is -2.10. The molecule has 0 bridgehead atoms. The van der Waals surface area contributed by atoms with E-state index in [1.165, 1.54) is 0 Å². The SMILES string of the molecule is O=C(Oc1ccccc1)c1cc(-c2ccc(Cl)cc2)nc2ccc(Br)cc12. The normalized spacial score (nSPS) is 10.7. The number of aromatic nitrogens is 1. The van der Waals surface area contributed by atoms with Crippen molar-refractivity contribution < 1.29 is 9.53 Å². The van der Waals surface area contributed by atoms with Gasteiger partial charge in [0.2, 0.25) is 0 Å². The van der Waals surface area contributed by atoms with Gasteiger partial charge in [-0.15, -0.1) is 0 Å². The third-order valence-electron chi connectivity index (χ3n) is 4.08. The van der Waals surface area contributed by atoms with Crippen molar-refractivity contribution >= 4 is 44.4 Å². The van der Waals surface area contributed by atoms with Crippen LogP contribution in [-0.2, 0) is 0 Å². The Labute approximate surface area is 169 Å². The van der Waals surface area contributed by atoms with Gasteiger partial charge in [0.15, 0.2) is 0 Å². The molecule has 1 aromatic heterocycles. The van der Waals surface area contributed by atoms with E-state index in [-0.39, 0.29) is 0 Å². The number of ether oxygens (including phenoxy) is 1. The first-order valence-corrected chi connectivity index (χ1v) is 9.41. The van der Waals surface area contributed by atoms with Crippen LogP contribution in [0.5, 0.6) is 5.75 Å². The summed E-state index contributed by atoms with van der Waals surface area (Å²) in [6.07, 6.45) is 0. The lowest BCUT2D eigenvalue weighted by Crippen LogP contribution is -2.10. The Morgan fingerprint density at radius 3 is 2.41 bits per heavy atom. The fourth-order valence-electron chi connectivity index (χ4n) is 2.79. The van der Waals surface area contributed by atoms with Crippen LogP contribution in [-0.4, -0.2) is 11.0 Å². The van der Waals surface area contributed by atoms with Crippen LogP contribution in [0.25, 0.3) is 22.2 Å². The molecule has 0 N–H and O–H groups in total. The first kappa shape index (κ1) is 17.7. The van der Waals surface area contributed by atoms with Crippen molar-refractivity contribution in [2.45, 2.75) is 0 Å². The van der Waals surface area contributed by atoms with Gasteiger partial charge in [0.25, 0.3) is 0 Å². The lowest BCUT2D eigenvalue weighted by atomic mass is 10.0. The first-order valence-electron chi connectivity index (χ1n) is 8.23. The molecule has 3 aromatic carbocycles. The Bertz CT molecular complexity index is 1130. The van der Waals surface area contributed by atoms with E-state index >= 15 is 0 Å². The molecule has 0 amide bonds. The molecule has 0 unspecified atom stereocenters. The third kappa shape index (κ3) is 3.87. The minimum absolute atomic E-state index is 0.429. The van der Waals surface area contributed by atoms with Gasteiger partial charge in [-0.05, 0) is 48.5 Å². The van der Waals surface area contributed by atoms with Crippen molar-refractivity contribution in [3.63, 3.8) is 0 Å². The molecule has 132 valence electrons. The van der Waals surface area contributed by atoms with Gasteiger partial charge < -0.3 is 4.74 Å². The maximum atomic E-state index is 12.9. The summed E-state index contributed by atoms with van der Waals surface area (Å²) in [6.45, 7) is 0. The van der Waals surface area contributed by atoms with Crippen LogP contribution in [0.3, 0.4) is 0 Å². The third-order valence-corrected chi connectivity index (χ3v) is 4.83. The fraction of sp³-hybridized carbons (Fsp3) is 0. The Morgan fingerprint density at radius 2 is 1.67 bits per heavy atom. The number of fused-ring (bicyclic) bond motifs is 1. The highest BCUT2D eigenvalue weighted by Crippen LogP contribution is 2.28. The molecule has 5 heteroatoms. The summed E-state index contributed by atoms with van der Waals surface area (Å²) in [5.41, 5.74) is 2.72. The molecule has 4 rings (SSSR count). The van der Waals surface area contributed by atoms with Gasteiger partial charge in [0, 0.05) is 20.4 Å². The molecule has 0 aliphatic carbocycles. The molecule has 27 heavy (non-hydrogen) atoms. The predicted octanol–water partition coefficient (Wildman–Crippen LogP) is 6.54. The predicted molar refractivity (Wildman–Crippen MR) is 111 cm³/mol. The van der Waals surface area contributed by atoms with E-state index in [0.29, 0.717) is 27.5 Å². The molecule has 3 nitrogen and oxygen atoms in total. The lowest BCUT2D eigenvalue weighted by molar-refractivity contribution is 0.0737. The van der Waals surface area contributed by atoms with E-state index in [1.54, 1.807) is 30.3 Å². The number of halogens is 2. The number of para-hydroxylation sites is 1. The highest BCUT2D eigenvalue weighted by Gasteiger charge is 2.16. The minimum atomic E-state index is -0.429. The van der Waals surface area contributed by atoms with Crippen LogP contribution in [0.4, 0.5) is 0 Å². The van der Waals surface area contributed by atoms with Crippen LogP contribution in [0.2, 0.25) is 5.02 Å². The largest absolute Gasteiger partial charge is 0.423 e. The molecule has 1 heterocycles. The smallest absolute Gasteiger partial charge is 0.344 e. The minimum Gasteiger partial charge on any atom is -0.423 e. The van der Waals surface area contributed by atoms with Gasteiger partial charge in [0.05, 0.1) is 16.8 Å². The van der Waals surface area contributed by atoms with Gasteiger partial charge in [-0.3, -0.25) is 0 Å². The topological polar surface area (TPSA) is 39.2 Å². The monoisotopic (exact) mass is 437 g/mol. The number of carbonyl (C=O) groups is 1. The zero-order valence-electron chi connectivity index (χ0n) is 14.0. The van der Waals surface area contributed by atoms with Gasteiger partial charge in [-0.25, -0.2) is 9.78 Å². The molecule has 4 aromatic rings. The fourth-order valence-corrected chi connectivity index (χ4v) is 3.27. The van der Waals surface area contributed by atoms with Crippen molar-refractivity contribution in [1.82, 2.24) is 4.98 Å². The van der Waals surface area contributed by atoms with E-state index in [1.807, 2.05) is 48.5 Å². The van der Waals surface area contributed by atoms with E-state index in [0.717, 1.165) is 15.4 Å². The van der Waals surface area contributed by atoms with E-state index in [2.05, 4.69) is 15.9 Å². The molecule has 0 spiro atoms. The van der Waals surface area contributed by atoms with Crippen molar-refractivity contribution in [1.29, 1.82) is 0 Å². The van der Waals surface area contributed by atoms with Gasteiger partial charge in [-0.1, -0.05) is 57.9 Å². The van der Waals surface area contributed by atoms with Crippen molar-refractivity contribution in [3.05, 3.63) is 93.9 Å². The summed E-state index contributed by atoms with van der Waals surface area (Å²) < 4.78 is 6.42. The number of nitrogens with zero attached hydrogens (tertiary/aromatic N) is 1. The molecule has 0 aliphatic heterocycles. The van der Waals surface area contributed by atoms with Gasteiger partial charge in [-0.2, -0.15) is 0 Å². The molecule has 0 radical (unpaired) electrons. The molecular formula is C22H13BrClNO2. The van der Waals surface area contributed by atoms with Crippen LogP contribution in [0, 0.1) is 0 Å². The second kappa shape index (κ2) is 7.51. The Kier molecular flexibility index (Phi) is 4.92. The number of hydrogen-bond donors (Lipinski definition) is 0. The highest BCUT2D eigenvalue weighted by molar-refractivity contribution is 9.10. The average molecular weight is 439 g/mol. The van der Waals surface area contributed by atoms with Crippen LogP contribution < -0.4 is 4.74 Å². The number of carbonyl (C=O) groups excluding carboxylic acids is 1. The van der Waals surface area contributed by atoms with Crippen LogP contribution >= 0.6 is 27.5 Å². The standard InChI is InChI=1S/C22H13BrClNO2/c23-15-8-11-20-18(12-15)19(22(26)27-17-4-2-1-3-5-17)13-21(25-20)14-6-9-16(24)10-7-14/h1-13H. The molecule has 0 saturated carbocycles. The van der Waals surface area contributed by atoms with Crippen molar-refractivity contribution in [3.8, 4) is 17.0 Å². The summed E-state index contributed by atoms with van der Waals surface area (Å²) in [4.78, 5) is 17.6. The maximum absolute atomic E-state index is 12.9. The van der Waals surface area contributed by atoms with Crippen LogP contribution in [0.1, 0.15) is 10.4 Å². The van der Waals surface area contributed by atoms with E-state index in [9.17, 15) is 4.79 Å². The summed E-state index contributed by atoms with van der Waals surface area (Å²) in [5.74, 6) is 0.0671. The Morgan fingerprint density at radius 1 is 0.926 bits per heavy atom. The maximum Gasteiger partial charge on any atom is 0.344 e. The summed E-state index contributed by atoms with van der Waals surface area (Å²) >= 11 is 9.44. The number of benzene rings is 3. The van der Waals surface area contributed by atoms with Crippen LogP contribution in [0.15, 0.2) is 83.3 Å².